The highest BCUT2D eigenvalue weighted by Crippen LogP contribution is 2.14. The Morgan fingerprint density at radius 3 is 2.92 bits per heavy atom. The minimum Gasteiger partial charge on any atom is -0.462 e. The number of carbonyl (C=O) groups is 1. The van der Waals surface area contributed by atoms with Gasteiger partial charge in [0, 0.05) is 14.1 Å². The molecule has 0 saturated carbocycles. The van der Waals surface area contributed by atoms with Gasteiger partial charge < -0.3 is 9.64 Å². The zero-order chi connectivity index (χ0) is 9.84. The van der Waals surface area contributed by atoms with Crippen molar-refractivity contribution in [3.8, 4) is 0 Å². The molecule has 1 aromatic heterocycles. The van der Waals surface area contributed by atoms with Crippen molar-refractivity contribution >= 4 is 11.8 Å². The number of H-pyrrole nitrogens is 1. The van der Waals surface area contributed by atoms with Crippen LogP contribution in [-0.2, 0) is 4.74 Å². The fourth-order valence-electron chi connectivity index (χ4n) is 0.978. The summed E-state index contributed by atoms with van der Waals surface area (Å²) in [6.07, 6.45) is 1.47. The first-order valence-electron chi connectivity index (χ1n) is 4.04. The summed E-state index contributed by atoms with van der Waals surface area (Å²) < 4.78 is 4.85. The zero-order valence-corrected chi connectivity index (χ0v) is 8.00. The summed E-state index contributed by atoms with van der Waals surface area (Å²) in [5.74, 6) is 0.318. The maximum absolute atomic E-state index is 11.3. The lowest BCUT2D eigenvalue weighted by atomic mass is 10.3. The quantitative estimate of drug-likeness (QED) is 0.699. The minimum atomic E-state index is -0.347. The van der Waals surface area contributed by atoms with Gasteiger partial charge in [0.05, 0.1) is 12.8 Å². The number of ether oxygens (including phenoxy) is 1. The first kappa shape index (κ1) is 9.57. The number of rotatable bonds is 3. The molecule has 0 atom stereocenters. The number of aromatic nitrogens is 2. The van der Waals surface area contributed by atoms with Crippen LogP contribution < -0.4 is 4.90 Å². The molecule has 1 heterocycles. The maximum atomic E-state index is 11.3. The Morgan fingerprint density at radius 2 is 2.38 bits per heavy atom. The second-order valence-corrected chi connectivity index (χ2v) is 2.75. The Balaban J connectivity index is 2.87. The highest BCUT2D eigenvalue weighted by atomic mass is 16.5. The van der Waals surface area contributed by atoms with Gasteiger partial charge in [-0.1, -0.05) is 0 Å². The normalized spacial score (nSPS) is 9.77. The average molecular weight is 183 g/mol. The molecule has 0 aliphatic rings. The van der Waals surface area contributed by atoms with Crippen LogP contribution in [0.2, 0.25) is 0 Å². The van der Waals surface area contributed by atoms with E-state index in [0.717, 1.165) is 0 Å². The van der Waals surface area contributed by atoms with E-state index in [4.69, 9.17) is 4.74 Å². The molecule has 0 aliphatic carbocycles. The SMILES string of the molecule is CCOC(=O)c1cn[nH]c1N(C)C. The van der Waals surface area contributed by atoms with Crippen molar-refractivity contribution in [1.82, 2.24) is 10.2 Å². The molecule has 0 aliphatic heterocycles. The highest BCUT2D eigenvalue weighted by molar-refractivity contribution is 5.94. The van der Waals surface area contributed by atoms with Crippen LogP contribution in [0, 0.1) is 0 Å². The molecule has 0 amide bonds. The van der Waals surface area contributed by atoms with E-state index >= 15 is 0 Å². The number of nitrogens with one attached hydrogen (secondary N) is 1. The van der Waals surface area contributed by atoms with Gasteiger partial charge in [0.1, 0.15) is 11.4 Å². The minimum absolute atomic E-state index is 0.347. The smallest absolute Gasteiger partial charge is 0.343 e. The number of hydrogen-bond donors (Lipinski definition) is 1. The van der Waals surface area contributed by atoms with E-state index in [1.807, 2.05) is 14.1 Å². The van der Waals surface area contributed by atoms with Crippen LogP contribution in [0.5, 0.6) is 0 Å². The standard InChI is InChI=1S/C8H13N3O2/c1-4-13-8(12)6-5-9-10-7(6)11(2)3/h5H,4H2,1-3H3,(H,9,10). The molecule has 0 aromatic carbocycles. The number of anilines is 1. The summed E-state index contributed by atoms with van der Waals surface area (Å²) in [6.45, 7) is 2.14. The van der Waals surface area contributed by atoms with Gasteiger partial charge in [-0.3, -0.25) is 5.10 Å². The first-order valence-corrected chi connectivity index (χ1v) is 4.04. The lowest BCUT2D eigenvalue weighted by Crippen LogP contribution is -2.14. The van der Waals surface area contributed by atoms with Crippen molar-refractivity contribution in [1.29, 1.82) is 0 Å². The summed E-state index contributed by atoms with van der Waals surface area (Å²) >= 11 is 0. The van der Waals surface area contributed by atoms with E-state index in [1.54, 1.807) is 11.8 Å². The van der Waals surface area contributed by atoms with E-state index < -0.39 is 0 Å². The van der Waals surface area contributed by atoms with Crippen molar-refractivity contribution in [2.45, 2.75) is 6.92 Å². The van der Waals surface area contributed by atoms with Crippen LogP contribution in [0.4, 0.5) is 5.82 Å². The van der Waals surface area contributed by atoms with Crippen molar-refractivity contribution in [2.24, 2.45) is 0 Å². The topological polar surface area (TPSA) is 58.2 Å². The van der Waals surface area contributed by atoms with Gasteiger partial charge in [-0.25, -0.2) is 4.79 Å². The highest BCUT2D eigenvalue weighted by Gasteiger charge is 2.15. The van der Waals surface area contributed by atoms with Crippen LogP contribution in [0.25, 0.3) is 0 Å². The fourth-order valence-corrected chi connectivity index (χ4v) is 0.978. The molecule has 5 nitrogen and oxygen atoms in total. The summed E-state index contributed by atoms with van der Waals surface area (Å²) in [7, 11) is 3.66. The molecule has 13 heavy (non-hydrogen) atoms. The molecule has 0 unspecified atom stereocenters. The predicted octanol–water partition coefficient (Wildman–Crippen LogP) is 0.652. The zero-order valence-electron chi connectivity index (χ0n) is 8.00. The van der Waals surface area contributed by atoms with E-state index in [-0.39, 0.29) is 5.97 Å². The molecule has 0 saturated heterocycles. The van der Waals surface area contributed by atoms with Crippen LogP contribution >= 0.6 is 0 Å². The Morgan fingerprint density at radius 1 is 1.69 bits per heavy atom. The van der Waals surface area contributed by atoms with Gasteiger partial charge in [0.15, 0.2) is 0 Å². The molecular weight excluding hydrogens is 170 g/mol. The fraction of sp³-hybridized carbons (Fsp3) is 0.500. The van der Waals surface area contributed by atoms with Crippen molar-refractivity contribution in [2.75, 3.05) is 25.6 Å². The third-order valence-corrected chi connectivity index (χ3v) is 1.56. The number of nitrogens with zero attached hydrogens (tertiary/aromatic N) is 2. The number of carbonyl (C=O) groups excluding carboxylic acids is 1. The molecule has 72 valence electrons. The molecule has 1 aromatic rings. The summed E-state index contributed by atoms with van der Waals surface area (Å²) in [4.78, 5) is 13.1. The second-order valence-electron chi connectivity index (χ2n) is 2.75. The van der Waals surface area contributed by atoms with Gasteiger partial charge in [0.25, 0.3) is 0 Å². The molecule has 0 radical (unpaired) electrons. The van der Waals surface area contributed by atoms with Crippen LogP contribution in [-0.4, -0.2) is 36.9 Å². The van der Waals surface area contributed by atoms with Gasteiger partial charge in [0.2, 0.25) is 0 Å². The van der Waals surface area contributed by atoms with Crippen molar-refractivity contribution < 1.29 is 9.53 Å². The van der Waals surface area contributed by atoms with Gasteiger partial charge in [-0.15, -0.1) is 0 Å². The van der Waals surface area contributed by atoms with E-state index in [0.29, 0.717) is 18.0 Å². The number of aromatic amines is 1. The Hall–Kier alpha value is -1.52. The second kappa shape index (κ2) is 3.93. The van der Waals surface area contributed by atoms with E-state index in [9.17, 15) is 4.79 Å². The van der Waals surface area contributed by atoms with Gasteiger partial charge in [-0.05, 0) is 6.92 Å². The molecule has 0 bridgehead atoms. The van der Waals surface area contributed by atoms with E-state index in [1.165, 1.54) is 6.20 Å². The third kappa shape index (κ3) is 1.99. The van der Waals surface area contributed by atoms with Crippen LogP contribution in [0.1, 0.15) is 17.3 Å². The maximum Gasteiger partial charge on any atom is 0.343 e. The van der Waals surface area contributed by atoms with Crippen LogP contribution in [0.15, 0.2) is 6.20 Å². The summed E-state index contributed by atoms with van der Waals surface area (Å²) in [6, 6.07) is 0. The lowest BCUT2D eigenvalue weighted by Gasteiger charge is -2.10. The van der Waals surface area contributed by atoms with Crippen molar-refractivity contribution in [3.05, 3.63) is 11.8 Å². The Kier molecular flexibility index (Phi) is 2.89. The summed E-state index contributed by atoms with van der Waals surface area (Å²) in [5, 5.41) is 6.50. The molecule has 0 fully saturated rings. The van der Waals surface area contributed by atoms with Gasteiger partial charge >= 0.3 is 5.97 Å². The molecule has 1 N–H and O–H groups in total. The predicted molar refractivity (Wildman–Crippen MR) is 48.9 cm³/mol. The lowest BCUT2D eigenvalue weighted by molar-refractivity contribution is 0.0527. The Labute approximate surface area is 76.7 Å². The van der Waals surface area contributed by atoms with Crippen LogP contribution in [0.3, 0.4) is 0 Å². The Bertz CT molecular complexity index is 293. The van der Waals surface area contributed by atoms with Crippen molar-refractivity contribution in [3.63, 3.8) is 0 Å². The van der Waals surface area contributed by atoms with Gasteiger partial charge in [-0.2, -0.15) is 5.10 Å². The third-order valence-electron chi connectivity index (χ3n) is 1.56. The largest absolute Gasteiger partial charge is 0.462 e. The number of esters is 1. The monoisotopic (exact) mass is 183 g/mol. The molecule has 0 spiro atoms. The average Bonchev–Trinajstić information content (AvgIpc) is 2.52. The summed E-state index contributed by atoms with van der Waals surface area (Å²) in [5.41, 5.74) is 0.465. The molecule has 1 rings (SSSR count). The number of hydrogen-bond acceptors (Lipinski definition) is 4. The molecular formula is C8H13N3O2. The van der Waals surface area contributed by atoms with E-state index in [2.05, 4.69) is 10.2 Å². The first-order chi connectivity index (χ1) is 6.16. The molecule has 5 heteroatoms.